The van der Waals surface area contributed by atoms with Crippen molar-refractivity contribution in [2.75, 3.05) is 18.5 Å². The number of benzene rings is 2. The Kier molecular flexibility index (Phi) is 6.12. The van der Waals surface area contributed by atoms with Gasteiger partial charge in [0.25, 0.3) is 0 Å². The Morgan fingerprint density at radius 3 is 2.70 bits per heavy atom. The molecule has 0 aliphatic carbocycles. The molecule has 2 aromatic carbocycles. The van der Waals surface area contributed by atoms with Gasteiger partial charge < -0.3 is 24.6 Å². The van der Waals surface area contributed by atoms with Crippen LogP contribution in [0.1, 0.15) is 29.3 Å². The summed E-state index contributed by atoms with van der Waals surface area (Å²) in [6, 6.07) is 14.0. The highest BCUT2D eigenvalue weighted by Gasteiger charge is 2.12. The van der Waals surface area contributed by atoms with Gasteiger partial charge in [0.1, 0.15) is 0 Å². The minimum absolute atomic E-state index is 0.366. The van der Waals surface area contributed by atoms with Gasteiger partial charge >= 0.3 is 0 Å². The molecule has 0 atom stereocenters. The van der Waals surface area contributed by atoms with Crippen molar-refractivity contribution in [2.24, 2.45) is 4.99 Å². The van der Waals surface area contributed by atoms with Crippen LogP contribution in [0, 0.1) is 13.8 Å². The number of nitrogens with one attached hydrogen (secondary N) is 2. The molecule has 1 aliphatic heterocycles. The van der Waals surface area contributed by atoms with Crippen LogP contribution in [0.2, 0.25) is 0 Å². The Morgan fingerprint density at radius 2 is 1.90 bits per heavy atom. The molecule has 0 radical (unpaired) electrons. The van der Waals surface area contributed by atoms with E-state index in [1.807, 2.05) is 30.3 Å². The lowest BCUT2D eigenvalue weighted by Gasteiger charge is -2.14. The summed E-state index contributed by atoms with van der Waals surface area (Å²) >= 11 is 0. The highest BCUT2D eigenvalue weighted by molar-refractivity contribution is 5.93. The average molecular weight is 407 g/mol. The van der Waals surface area contributed by atoms with E-state index in [1.165, 1.54) is 5.56 Å². The molecule has 0 unspecified atom stereocenters. The standard InChI is InChI=1S/C22H25N5O3/c1-15-6-3-4-7-17(15)13-23-22(24-14-21-25-16(2)27-30-21)26-18-8-9-19-20(12-18)29-11-5-10-28-19/h3-4,6-9,12H,5,10-11,13-14H2,1-2H3,(H2,23,24,26). The van der Waals surface area contributed by atoms with E-state index in [-0.39, 0.29) is 0 Å². The summed E-state index contributed by atoms with van der Waals surface area (Å²) in [6.45, 7) is 6.07. The van der Waals surface area contributed by atoms with Crippen LogP contribution < -0.4 is 20.1 Å². The molecule has 1 aliphatic rings. The van der Waals surface area contributed by atoms with Crippen molar-refractivity contribution >= 4 is 11.6 Å². The van der Waals surface area contributed by atoms with Crippen molar-refractivity contribution in [2.45, 2.75) is 33.4 Å². The smallest absolute Gasteiger partial charge is 0.246 e. The van der Waals surface area contributed by atoms with Crippen molar-refractivity contribution in [3.8, 4) is 11.5 Å². The molecule has 0 saturated heterocycles. The van der Waals surface area contributed by atoms with Gasteiger partial charge in [-0.2, -0.15) is 4.98 Å². The molecule has 0 spiro atoms. The Labute approximate surface area is 175 Å². The number of ether oxygens (including phenoxy) is 2. The van der Waals surface area contributed by atoms with Gasteiger partial charge in [0.15, 0.2) is 23.3 Å². The second-order valence-electron chi connectivity index (χ2n) is 7.02. The fraction of sp³-hybridized carbons (Fsp3) is 0.318. The zero-order chi connectivity index (χ0) is 20.8. The summed E-state index contributed by atoms with van der Waals surface area (Å²) in [4.78, 5) is 8.97. The topological polar surface area (TPSA) is 93.8 Å². The summed E-state index contributed by atoms with van der Waals surface area (Å²) in [5.74, 6) is 3.18. The summed E-state index contributed by atoms with van der Waals surface area (Å²) in [7, 11) is 0. The molecule has 0 fully saturated rings. The minimum atomic E-state index is 0.366. The number of guanidine groups is 1. The number of aliphatic imine (C=N–C) groups is 1. The van der Waals surface area contributed by atoms with E-state index in [0.29, 0.717) is 44.0 Å². The van der Waals surface area contributed by atoms with Crippen LogP contribution in [0.15, 0.2) is 52.0 Å². The highest BCUT2D eigenvalue weighted by atomic mass is 16.5. The van der Waals surface area contributed by atoms with Crippen molar-refractivity contribution in [3.05, 3.63) is 65.3 Å². The summed E-state index contributed by atoms with van der Waals surface area (Å²) in [5, 5.41) is 10.4. The Morgan fingerprint density at radius 1 is 1.07 bits per heavy atom. The van der Waals surface area contributed by atoms with Crippen molar-refractivity contribution in [3.63, 3.8) is 0 Å². The van der Waals surface area contributed by atoms with E-state index < -0.39 is 0 Å². The Balaban J connectivity index is 1.52. The SMILES string of the molecule is Cc1noc(CNC(=NCc2ccccc2C)Nc2ccc3c(c2)OCCCO3)n1. The molecule has 2 heterocycles. The molecule has 3 aromatic rings. The number of hydrogen-bond acceptors (Lipinski definition) is 6. The number of nitrogens with zero attached hydrogens (tertiary/aromatic N) is 3. The quantitative estimate of drug-likeness (QED) is 0.493. The number of anilines is 1. The zero-order valence-electron chi connectivity index (χ0n) is 17.1. The fourth-order valence-corrected chi connectivity index (χ4v) is 3.04. The third kappa shape index (κ3) is 5.08. The van der Waals surface area contributed by atoms with E-state index in [1.54, 1.807) is 6.92 Å². The third-order valence-corrected chi connectivity index (χ3v) is 4.66. The number of rotatable bonds is 5. The van der Waals surface area contributed by atoms with Crippen LogP contribution in [0.4, 0.5) is 5.69 Å². The number of fused-ring (bicyclic) bond motifs is 1. The summed E-state index contributed by atoms with van der Waals surface area (Å²) in [5.41, 5.74) is 3.20. The van der Waals surface area contributed by atoms with Gasteiger partial charge in [0.05, 0.1) is 26.3 Å². The summed E-state index contributed by atoms with van der Waals surface area (Å²) < 4.78 is 16.7. The van der Waals surface area contributed by atoms with Gasteiger partial charge in [-0.05, 0) is 37.1 Å². The molecular weight excluding hydrogens is 382 g/mol. The van der Waals surface area contributed by atoms with Gasteiger partial charge in [-0.3, -0.25) is 0 Å². The second kappa shape index (κ2) is 9.30. The van der Waals surface area contributed by atoms with E-state index in [2.05, 4.69) is 39.8 Å². The second-order valence-corrected chi connectivity index (χ2v) is 7.02. The molecule has 0 amide bonds. The fourth-order valence-electron chi connectivity index (χ4n) is 3.04. The van der Waals surface area contributed by atoms with Gasteiger partial charge in [-0.25, -0.2) is 4.99 Å². The van der Waals surface area contributed by atoms with Crippen molar-refractivity contribution < 1.29 is 14.0 Å². The van der Waals surface area contributed by atoms with E-state index in [4.69, 9.17) is 19.0 Å². The summed E-state index contributed by atoms with van der Waals surface area (Å²) in [6.07, 6.45) is 0.867. The van der Waals surface area contributed by atoms with E-state index in [9.17, 15) is 0 Å². The first kappa shape index (κ1) is 19.8. The first-order chi connectivity index (χ1) is 14.7. The largest absolute Gasteiger partial charge is 0.490 e. The Bertz CT molecular complexity index is 1030. The molecule has 8 heteroatoms. The van der Waals surface area contributed by atoms with Crippen LogP contribution in [0.5, 0.6) is 11.5 Å². The maximum atomic E-state index is 5.79. The first-order valence-electron chi connectivity index (χ1n) is 9.96. The lowest BCUT2D eigenvalue weighted by molar-refractivity contribution is 0.297. The lowest BCUT2D eigenvalue weighted by Crippen LogP contribution is -2.30. The molecule has 0 bridgehead atoms. The molecular formula is C22H25N5O3. The molecule has 156 valence electrons. The van der Waals surface area contributed by atoms with Gasteiger partial charge in [0.2, 0.25) is 5.89 Å². The maximum absolute atomic E-state index is 5.79. The van der Waals surface area contributed by atoms with Crippen LogP contribution in [-0.4, -0.2) is 29.3 Å². The van der Waals surface area contributed by atoms with Crippen molar-refractivity contribution in [1.82, 2.24) is 15.5 Å². The molecule has 30 heavy (non-hydrogen) atoms. The number of aromatic nitrogens is 2. The van der Waals surface area contributed by atoms with E-state index >= 15 is 0 Å². The van der Waals surface area contributed by atoms with Crippen molar-refractivity contribution in [1.29, 1.82) is 0 Å². The van der Waals surface area contributed by atoms with Crippen LogP contribution in [-0.2, 0) is 13.1 Å². The number of hydrogen-bond donors (Lipinski definition) is 2. The van der Waals surface area contributed by atoms with Crippen LogP contribution in [0.3, 0.4) is 0 Å². The maximum Gasteiger partial charge on any atom is 0.246 e. The molecule has 0 saturated carbocycles. The monoisotopic (exact) mass is 407 g/mol. The highest BCUT2D eigenvalue weighted by Crippen LogP contribution is 2.32. The predicted molar refractivity (Wildman–Crippen MR) is 114 cm³/mol. The molecule has 1 aromatic heterocycles. The zero-order valence-corrected chi connectivity index (χ0v) is 17.1. The number of aryl methyl sites for hydroxylation is 2. The molecule has 2 N–H and O–H groups in total. The van der Waals surface area contributed by atoms with Crippen LogP contribution in [0.25, 0.3) is 0 Å². The average Bonchev–Trinajstić information content (AvgIpc) is 3.02. The molecule has 4 rings (SSSR count). The van der Waals surface area contributed by atoms with Gasteiger partial charge in [0, 0.05) is 18.2 Å². The third-order valence-electron chi connectivity index (χ3n) is 4.66. The Hall–Kier alpha value is -3.55. The minimum Gasteiger partial charge on any atom is -0.490 e. The predicted octanol–water partition coefficient (Wildman–Crippen LogP) is 3.61. The van der Waals surface area contributed by atoms with E-state index in [0.717, 1.165) is 29.2 Å². The lowest BCUT2D eigenvalue weighted by atomic mass is 10.1. The first-order valence-corrected chi connectivity index (χ1v) is 9.96. The van der Waals surface area contributed by atoms with Gasteiger partial charge in [-0.1, -0.05) is 29.4 Å². The normalized spacial score (nSPS) is 13.6. The van der Waals surface area contributed by atoms with Gasteiger partial charge in [-0.15, -0.1) is 0 Å². The van der Waals surface area contributed by atoms with Crippen LogP contribution >= 0.6 is 0 Å². The molecule has 8 nitrogen and oxygen atoms in total.